The van der Waals surface area contributed by atoms with Crippen LogP contribution < -0.4 is 0 Å². The minimum atomic E-state index is -1.14. The quantitative estimate of drug-likeness (QED) is 0.598. The molecule has 2 aromatic heterocycles. The maximum absolute atomic E-state index is 14.3. The van der Waals surface area contributed by atoms with Crippen LogP contribution in [0.5, 0.6) is 0 Å². The molecule has 0 radical (unpaired) electrons. The molecular weight excluding hydrogens is 347 g/mol. The third-order valence-electron chi connectivity index (χ3n) is 3.96. The average Bonchev–Trinajstić information content (AvgIpc) is 3.19. The number of hydrogen-bond donors (Lipinski definition) is 1. The van der Waals surface area contributed by atoms with Crippen molar-refractivity contribution in [2.24, 2.45) is 0 Å². The maximum atomic E-state index is 14.3. The van der Waals surface area contributed by atoms with Gasteiger partial charge in [-0.2, -0.15) is 0 Å². The number of carbonyl (C=O) groups is 1. The van der Waals surface area contributed by atoms with Crippen molar-refractivity contribution in [2.45, 2.75) is 0 Å². The van der Waals surface area contributed by atoms with Crippen molar-refractivity contribution >= 4 is 5.97 Å². The number of aromatic carboxylic acids is 1. The Labute approximate surface area is 153 Å². The Morgan fingerprint density at radius 3 is 2.44 bits per heavy atom. The van der Waals surface area contributed by atoms with E-state index in [0.29, 0.717) is 11.5 Å². The first-order chi connectivity index (χ1) is 13.1. The smallest absolute Gasteiger partial charge is 0.356 e. The first-order valence-corrected chi connectivity index (χ1v) is 8.09. The molecule has 0 aliphatic rings. The van der Waals surface area contributed by atoms with Gasteiger partial charge in [0.25, 0.3) is 0 Å². The largest absolute Gasteiger partial charge is 0.476 e. The lowest BCUT2D eigenvalue weighted by Gasteiger charge is -2.09. The zero-order chi connectivity index (χ0) is 18.8. The van der Waals surface area contributed by atoms with E-state index in [9.17, 15) is 9.18 Å². The van der Waals surface area contributed by atoms with Gasteiger partial charge < -0.3 is 5.11 Å². The molecule has 0 aliphatic carbocycles. The fourth-order valence-corrected chi connectivity index (χ4v) is 2.65. The standard InChI is InChI=1S/C20H13FN4O2/c21-15-9-5-4-8-14(15)19-23-16(13-6-2-1-3-7-13)10-18(24-19)25-11-17(20(26)27)22-12-25/h1-12H,(H,26,27). The van der Waals surface area contributed by atoms with Gasteiger partial charge in [-0.15, -0.1) is 0 Å². The van der Waals surface area contributed by atoms with Gasteiger partial charge in [-0.3, -0.25) is 4.57 Å². The Kier molecular flexibility index (Phi) is 4.18. The van der Waals surface area contributed by atoms with Gasteiger partial charge in [-0.05, 0) is 12.1 Å². The van der Waals surface area contributed by atoms with Crippen molar-refractivity contribution in [3.8, 4) is 28.5 Å². The summed E-state index contributed by atoms with van der Waals surface area (Å²) in [6, 6.07) is 17.3. The Morgan fingerprint density at radius 2 is 1.74 bits per heavy atom. The van der Waals surface area contributed by atoms with E-state index in [1.165, 1.54) is 23.2 Å². The van der Waals surface area contributed by atoms with E-state index in [0.717, 1.165) is 5.56 Å². The van der Waals surface area contributed by atoms with E-state index in [4.69, 9.17) is 5.11 Å². The molecule has 0 aliphatic heterocycles. The lowest BCUT2D eigenvalue weighted by atomic mass is 10.1. The highest BCUT2D eigenvalue weighted by molar-refractivity contribution is 5.85. The second-order valence-corrected chi connectivity index (χ2v) is 5.75. The van der Waals surface area contributed by atoms with Gasteiger partial charge in [-0.1, -0.05) is 42.5 Å². The molecule has 0 saturated carbocycles. The second-order valence-electron chi connectivity index (χ2n) is 5.75. The zero-order valence-corrected chi connectivity index (χ0v) is 14.0. The lowest BCUT2D eigenvalue weighted by molar-refractivity contribution is 0.0691. The minimum Gasteiger partial charge on any atom is -0.476 e. The van der Waals surface area contributed by atoms with Gasteiger partial charge in [0, 0.05) is 17.8 Å². The molecule has 0 saturated heterocycles. The fourth-order valence-electron chi connectivity index (χ4n) is 2.65. The third-order valence-corrected chi connectivity index (χ3v) is 3.96. The van der Waals surface area contributed by atoms with Gasteiger partial charge in [0.15, 0.2) is 11.5 Å². The van der Waals surface area contributed by atoms with Crippen molar-refractivity contribution in [2.75, 3.05) is 0 Å². The SMILES string of the molecule is O=C(O)c1cn(-c2cc(-c3ccccc3)nc(-c3ccccc3F)n2)cn1. The molecule has 0 fully saturated rings. The number of aromatic nitrogens is 4. The summed E-state index contributed by atoms with van der Waals surface area (Å²) in [5, 5.41) is 9.09. The number of rotatable bonds is 4. The van der Waals surface area contributed by atoms with Crippen LogP contribution in [-0.2, 0) is 0 Å². The Bertz CT molecular complexity index is 1130. The van der Waals surface area contributed by atoms with Crippen molar-refractivity contribution in [3.05, 3.63) is 84.7 Å². The van der Waals surface area contributed by atoms with E-state index in [1.54, 1.807) is 24.3 Å². The van der Waals surface area contributed by atoms with Gasteiger partial charge in [-0.25, -0.2) is 24.1 Å². The number of benzene rings is 2. The molecular formula is C20H13FN4O2. The number of carboxylic acid groups (broad SMARTS) is 1. The number of hydrogen-bond acceptors (Lipinski definition) is 4. The molecule has 132 valence electrons. The number of imidazole rings is 1. The second kappa shape index (κ2) is 6.80. The molecule has 27 heavy (non-hydrogen) atoms. The summed E-state index contributed by atoms with van der Waals surface area (Å²) in [5.41, 5.74) is 1.57. The highest BCUT2D eigenvalue weighted by Crippen LogP contribution is 2.25. The Morgan fingerprint density at radius 1 is 1.00 bits per heavy atom. The van der Waals surface area contributed by atoms with Crippen LogP contribution in [0.25, 0.3) is 28.5 Å². The molecule has 4 rings (SSSR count). The van der Waals surface area contributed by atoms with Crippen LogP contribution in [0.2, 0.25) is 0 Å². The van der Waals surface area contributed by atoms with Crippen LogP contribution >= 0.6 is 0 Å². The van der Waals surface area contributed by atoms with Crippen LogP contribution in [0.4, 0.5) is 4.39 Å². The summed E-state index contributed by atoms with van der Waals surface area (Å²) < 4.78 is 15.8. The summed E-state index contributed by atoms with van der Waals surface area (Å²) in [5.74, 6) is -0.983. The Hall–Kier alpha value is -3.87. The molecule has 7 heteroatoms. The molecule has 0 spiro atoms. The highest BCUT2D eigenvalue weighted by atomic mass is 19.1. The minimum absolute atomic E-state index is 0.109. The first kappa shape index (κ1) is 16.6. The summed E-state index contributed by atoms with van der Waals surface area (Å²) in [6.45, 7) is 0. The normalized spacial score (nSPS) is 10.7. The maximum Gasteiger partial charge on any atom is 0.356 e. The van der Waals surface area contributed by atoms with Crippen molar-refractivity contribution in [1.82, 2.24) is 19.5 Å². The zero-order valence-electron chi connectivity index (χ0n) is 14.0. The van der Waals surface area contributed by atoms with Gasteiger partial charge in [0.2, 0.25) is 0 Å². The molecule has 0 atom stereocenters. The molecule has 4 aromatic rings. The highest BCUT2D eigenvalue weighted by Gasteiger charge is 2.14. The van der Waals surface area contributed by atoms with Crippen molar-refractivity contribution < 1.29 is 14.3 Å². The predicted molar refractivity (Wildman–Crippen MR) is 96.9 cm³/mol. The Balaban J connectivity index is 1.91. The predicted octanol–water partition coefficient (Wildman–Crippen LogP) is 3.83. The van der Waals surface area contributed by atoms with E-state index in [-0.39, 0.29) is 17.1 Å². The molecule has 0 amide bonds. The summed E-state index contributed by atoms with van der Waals surface area (Å²) in [4.78, 5) is 23.9. The molecule has 2 heterocycles. The number of halogens is 1. The molecule has 2 aromatic carbocycles. The molecule has 0 unspecified atom stereocenters. The van der Waals surface area contributed by atoms with Gasteiger partial charge in [0.1, 0.15) is 18.0 Å². The van der Waals surface area contributed by atoms with E-state index in [2.05, 4.69) is 15.0 Å². The van der Waals surface area contributed by atoms with Gasteiger partial charge in [0.05, 0.1) is 11.3 Å². The summed E-state index contributed by atoms with van der Waals surface area (Å²) in [6.07, 6.45) is 2.70. The first-order valence-electron chi connectivity index (χ1n) is 8.09. The molecule has 1 N–H and O–H groups in total. The topological polar surface area (TPSA) is 80.9 Å². The average molecular weight is 360 g/mol. The van der Waals surface area contributed by atoms with Gasteiger partial charge >= 0.3 is 5.97 Å². The van der Waals surface area contributed by atoms with Crippen LogP contribution in [0.1, 0.15) is 10.5 Å². The van der Waals surface area contributed by atoms with E-state index < -0.39 is 11.8 Å². The third kappa shape index (κ3) is 3.30. The lowest BCUT2D eigenvalue weighted by Crippen LogP contribution is -2.02. The summed E-state index contributed by atoms with van der Waals surface area (Å²) >= 11 is 0. The van der Waals surface area contributed by atoms with Crippen molar-refractivity contribution in [1.29, 1.82) is 0 Å². The van der Waals surface area contributed by atoms with Crippen LogP contribution in [0, 0.1) is 5.82 Å². The monoisotopic (exact) mass is 360 g/mol. The van der Waals surface area contributed by atoms with E-state index in [1.807, 2.05) is 30.3 Å². The van der Waals surface area contributed by atoms with E-state index >= 15 is 0 Å². The fraction of sp³-hybridized carbons (Fsp3) is 0. The molecule has 0 bridgehead atoms. The number of nitrogens with zero attached hydrogens (tertiary/aromatic N) is 4. The van der Waals surface area contributed by atoms with Crippen molar-refractivity contribution in [3.63, 3.8) is 0 Å². The number of carboxylic acids is 1. The summed E-state index contributed by atoms with van der Waals surface area (Å²) in [7, 11) is 0. The van der Waals surface area contributed by atoms with Crippen LogP contribution in [0.15, 0.2) is 73.2 Å². The van der Waals surface area contributed by atoms with Crippen LogP contribution in [0.3, 0.4) is 0 Å². The van der Waals surface area contributed by atoms with Crippen LogP contribution in [-0.4, -0.2) is 30.6 Å². The molecule has 6 nitrogen and oxygen atoms in total.